The second-order valence-corrected chi connectivity index (χ2v) is 9.64. The summed E-state index contributed by atoms with van der Waals surface area (Å²) < 4.78 is 19.6. The van der Waals surface area contributed by atoms with Gasteiger partial charge in [0.25, 0.3) is 11.8 Å². The second kappa shape index (κ2) is 10.7. The Morgan fingerprint density at radius 2 is 1.68 bits per heavy atom. The molecule has 2 aliphatic heterocycles. The van der Waals surface area contributed by atoms with Gasteiger partial charge in [0, 0.05) is 56.0 Å². The summed E-state index contributed by atoms with van der Waals surface area (Å²) in [5, 5.41) is 2.93. The minimum Gasteiger partial charge on any atom is -0.353 e. The predicted octanol–water partition coefficient (Wildman–Crippen LogP) is 3.32. The number of benzene rings is 2. The SMILES string of the molecule is Cc1ccccc1C(=O)N1[C@@H](C(=O)NCc2ccncc2)COC12CCN(C(=O)c1ccc(F)cc1)CC2. The van der Waals surface area contributed by atoms with Crippen LogP contribution in [-0.4, -0.2) is 64.0 Å². The van der Waals surface area contributed by atoms with Crippen LogP contribution in [0.3, 0.4) is 0 Å². The van der Waals surface area contributed by atoms with E-state index in [1.165, 1.54) is 24.3 Å². The first-order valence-corrected chi connectivity index (χ1v) is 12.6. The maximum atomic E-state index is 13.9. The summed E-state index contributed by atoms with van der Waals surface area (Å²) in [5.74, 6) is -1.19. The molecule has 0 unspecified atom stereocenters. The van der Waals surface area contributed by atoms with Crippen molar-refractivity contribution in [2.75, 3.05) is 19.7 Å². The lowest BCUT2D eigenvalue weighted by molar-refractivity contribution is -0.128. The zero-order valence-electron chi connectivity index (χ0n) is 21.1. The molecule has 2 aliphatic rings. The van der Waals surface area contributed by atoms with Gasteiger partial charge < -0.3 is 15.0 Å². The van der Waals surface area contributed by atoms with Crippen LogP contribution in [0, 0.1) is 12.7 Å². The Balaban J connectivity index is 1.37. The zero-order valence-corrected chi connectivity index (χ0v) is 21.1. The van der Waals surface area contributed by atoms with E-state index in [-0.39, 0.29) is 24.3 Å². The number of carbonyl (C=O) groups excluding carboxylic acids is 3. The van der Waals surface area contributed by atoms with Gasteiger partial charge in [-0.05, 0) is 60.5 Å². The van der Waals surface area contributed by atoms with Gasteiger partial charge in [0.05, 0.1) is 6.61 Å². The molecule has 3 aromatic rings. The molecule has 0 aliphatic carbocycles. The van der Waals surface area contributed by atoms with Gasteiger partial charge in [-0.2, -0.15) is 0 Å². The summed E-state index contributed by atoms with van der Waals surface area (Å²) in [6.07, 6.45) is 4.02. The molecule has 3 heterocycles. The predicted molar refractivity (Wildman–Crippen MR) is 137 cm³/mol. The topological polar surface area (TPSA) is 91.8 Å². The van der Waals surface area contributed by atoms with E-state index in [0.717, 1.165) is 11.1 Å². The molecule has 8 nitrogen and oxygen atoms in total. The molecular weight excluding hydrogens is 487 g/mol. The van der Waals surface area contributed by atoms with Crippen LogP contribution < -0.4 is 5.32 Å². The number of carbonyl (C=O) groups is 3. The number of nitrogens with one attached hydrogen (secondary N) is 1. The summed E-state index contributed by atoms with van der Waals surface area (Å²) in [4.78, 5) is 47.6. The first-order chi connectivity index (χ1) is 18.4. The van der Waals surface area contributed by atoms with E-state index in [1.54, 1.807) is 34.3 Å². The smallest absolute Gasteiger partial charge is 0.257 e. The first-order valence-electron chi connectivity index (χ1n) is 12.6. The number of likely N-dealkylation sites (tertiary alicyclic amines) is 1. The summed E-state index contributed by atoms with van der Waals surface area (Å²) in [6.45, 7) is 2.89. The Kier molecular flexibility index (Phi) is 7.20. The number of ether oxygens (including phenoxy) is 1. The summed E-state index contributed by atoms with van der Waals surface area (Å²) in [6, 6.07) is 15.5. The van der Waals surface area contributed by atoms with E-state index in [4.69, 9.17) is 4.74 Å². The van der Waals surface area contributed by atoms with E-state index >= 15 is 0 Å². The molecule has 2 fully saturated rings. The largest absolute Gasteiger partial charge is 0.353 e. The van der Waals surface area contributed by atoms with Gasteiger partial charge in [0.1, 0.15) is 17.6 Å². The van der Waals surface area contributed by atoms with Crippen molar-refractivity contribution in [1.29, 1.82) is 0 Å². The van der Waals surface area contributed by atoms with Crippen LogP contribution >= 0.6 is 0 Å². The van der Waals surface area contributed by atoms with E-state index < -0.39 is 17.6 Å². The number of aryl methyl sites for hydroxylation is 1. The van der Waals surface area contributed by atoms with E-state index in [1.807, 2.05) is 31.2 Å². The van der Waals surface area contributed by atoms with E-state index in [0.29, 0.717) is 43.6 Å². The third-order valence-corrected chi connectivity index (χ3v) is 7.30. The Bertz CT molecular complexity index is 1320. The highest BCUT2D eigenvalue weighted by Crippen LogP contribution is 2.39. The molecule has 1 N–H and O–H groups in total. The number of amides is 3. The molecule has 2 aromatic carbocycles. The fraction of sp³-hybridized carbons (Fsp3) is 0.310. The third kappa shape index (κ3) is 5.02. The highest BCUT2D eigenvalue weighted by atomic mass is 19.1. The molecule has 196 valence electrons. The standard InChI is InChI=1S/C29H29FN4O4/c1-20-4-2-3-5-24(20)28(37)34-25(26(35)32-18-21-10-14-31-15-11-21)19-38-29(34)12-16-33(17-13-29)27(36)22-6-8-23(30)9-7-22/h2-11,14-15,25H,12-13,16-19H2,1H3,(H,32,35)/t25-/m1/s1. The van der Waals surface area contributed by atoms with Gasteiger partial charge in [0.15, 0.2) is 0 Å². The van der Waals surface area contributed by atoms with Crippen molar-refractivity contribution in [3.63, 3.8) is 0 Å². The van der Waals surface area contributed by atoms with Crippen molar-refractivity contribution in [3.8, 4) is 0 Å². The Morgan fingerprint density at radius 1 is 1.00 bits per heavy atom. The van der Waals surface area contributed by atoms with Crippen molar-refractivity contribution >= 4 is 17.7 Å². The van der Waals surface area contributed by atoms with Gasteiger partial charge in [-0.15, -0.1) is 0 Å². The maximum Gasteiger partial charge on any atom is 0.257 e. The molecular formula is C29H29FN4O4. The number of halogens is 1. The summed E-state index contributed by atoms with van der Waals surface area (Å²) in [5.41, 5.74) is 1.59. The first kappa shape index (κ1) is 25.5. The number of pyridine rings is 1. The van der Waals surface area contributed by atoms with Crippen molar-refractivity contribution in [1.82, 2.24) is 20.1 Å². The monoisotopic (exact) mass is 516 g/mol. The molecule has 0 radical (unpaired) electrons. The quantitative estimate of drug-likeness (QED) is 0.562. The second-order valence-electron chi connectivity index (χ2n) is 9.64. The minimum absolute atomic E-state index is 0.0612. The molecule has 3 amide bonds. The average Bonchev–Trinajstić information content (AvgIpc) is 3.31. The van der Waals surface area contributed by atoms with E-state index in [9.17, 15) is 18.8 Å². The number of piperidine rings is 1. The zero-order chi connectivity index (χ0) is 26.7. The fourth-order valence-electron chi connectivity index (χ4n) is 5.15. The van der Waals surface area contributed by atoms with Crippen LogP contribution in [0.4, 0.5) is 4.39 Å². The van der Waals surface area contributed by atoms with Crippen molar-refractivity contribution in [2.24, 2.45) is 0 Å². The lowest BCUT2D eigenvalue weighted by Crippen LogP contribution is -2.59. The van der Waals surface area contributed by atoms with E-state index in [2.05, 4.69) is 10.3 Å². The minimum atomic E-state index is -1.02. The summed E-state index contributed by atoms with van der Waals surface area (Å²) >= 11 is 0. The number of rotatable bonds is 5. The van der Waals surface area contributed by atoms with Crippen LogP contribution in [0.1, 0.15) is 44.7 Å². The van der Waals surface area contributed by atoms with Crippen LogP contribution in [-0.2, 0) is 16.1 Å². The normalized spacial score (nSPS) is 18.4. The van der Waals surface area contributed by atoms with Gasteiger partial charge in [0.2, 0.25) is 5.91 Å². The number of nitrogens with zero attached hydrogens (tertiary/aromatic N) is 3. The maximum absolute atomic E-state index is 13.9. The number of aromatic nitrogens is 1. The van der Waals surface area contributed by atoms with Crippen LogP contribution in [0.25, 0.3) is 0 Å². The number of hydrogen-bond acceptors (Lipinski definition) is 5. The number of hydrogen-bond donors (Lipinski definition) is 1. The lowest BCUT2D eigenvalue weighted by atomic mass is 9.95. The molecule has 9 heteroatoms. The van der Waals surface area contributed by atoms with Gasteiger partial charge in [-0.1, -0.05) is 18.2 Å². The molecule has 38 heavy (non-hydrogen) atoms. The highest BCUT2D eigenvalue weighted by Gasteiger charge is 2.54. The molecule has 1 aromatic heterocycles. The van der Waals surface area contributed by atoms with Crippen molar-refractivity contribution in [3.05, 3.63) is 101 Å². The molecule has 0 saturated carbocycles. The Labute approximate surface area is 220 Å². The van der Waals surface area contributed by atoms with Gasteiger partial charge >= 0.3 is 0 Å². The molecule has 1 atom stereocenters. The van der Waals surface area contributed by atoms with Crippen LogP contribution in [0.2, 0.25) is 0 Å². The molecule has 0 bridgehead atoms. The third-order valence-electron chi connectivity index (χ3n) is 7.30. The van der Waals surface area contributed by atoms with Crippen molar-refractivity contribution < 1.29 is 23.5 Å². The molecule has 2 saturated heterocycles. The van der Waals surface area contributed by atoms with Gasteiger partial charge in [-0.25, -0.2) is 4.39 Å². The fourth-order valence-corrected chi connectivity index (χ4v) is 5.15. The Hall–Kier alpha value is -4.11. The van der Waals surface area contributed by atoms with Crippen LogP contribution in [0.15, 0.2) is 73.1 Å². The summed E-state index contributed by atoms with van der Waals surface area (Å²) in [7, 11) is 0. The highest BCUT2D eigenvalue weighted by molar-refractivity contribution is 5.99. The average molecular weight is 517 g/mol. The van der Waals surface area contributed by atoms with Gasteiger partial charge in [-0.3, -0.25) is 24.3 Å². The molecule has 5 rings (SSSR count). The van der Waals surface area contributed by atoms with Crippen molar-refractivity contribution in [2.45, 2.75) is 38.1 Å². The van der Waals surface area contributed by atoms with Crippen LogP contribution in [0.5, 0.6) is 0 Å². The Morgan fingerprint density at radius 3 is 2.37 bits per heavy atom. The molecule has 1 spiro atoms. The lowest BCUT2D eigenvalue weighted by Gasteiger charge is -2.44.